The van der Waals surface area contributed by atoms with E-state index in [0.717, 1.165) is 17.5 Å². The van der Waals surface area contributed by atoms with Crippen molar-refractivity contribution in [2.24, 2.45) is 0 Å². The topological polar surface area (TPSA) is 32.3 Å². The highest BCUT2D eigenvalue weighted by molar-refractivity contribution is 6.44. The first-order valence-corrected chi connectivity index (χ1v) is 7.75. The van der Waals surface area contributed by atoms with Crippen molar-refractivity contribution in [3.63, 3.8) is 0 Å². The van der Waals surface area contributed by atoms with Crippen LogP contribution in [-0.2, 0) is 13.0 Å². The molecule has 0 spiro atoms. The van der Waals surface area contributed by atoms with Crippen molar-refractivity contribution < 1.29 is 5.11 Å². The SMILES string of the molecule is OC[C@@H](Cc1ccccc1)NCc1c(Cl)ccc(Cl)c1Cl. The summed E-state index contributed by atoms with van der Waals surface area (Å²) < 4.78 is 0. The number of halogens is 3. The minimum Gasteiger partial charge on any atom is -0.395 e. The van der Waals surface area contributed by atoms with Crippen LogP contribution in [0.2, 0.25) is 15.1 Å². The van der Waals surface area contributed by atoms with E-state index in [1.807, 2.05) is 30.3 Å². The minimum atomic E-state index is -0.0708. The number of benzene rings is 2. The molecule has 0 radical (unpaired) electrons. The zero-order valence-electron chi connectivity index (χ0n) is 11.3. The van der Waals surface area contributed by atoms with Gasteiger partial charge in [0.1, 0.15) is 0 Å². The summed E-state index contributed by atoms with van der Waals surface area (Å²) in [5.41, 5.74) is 1.91. The number of aliphatic hydroxyl groups is 1. The highest BCUT2D eigenvalue weighted by atomic mass is 35.5. The molecule has 2 N–H and O–H groups in total. The van der Waals surface area contributed by atoms with Crippen LogP contribution in [0.1, 0.15) is 11.1 Å². The second kappa shape index (κ2) is 8.02. The summed E-state index contributed by atoms with van der Waals surface area (Å²) in [5, 5.41) is 14.3. The van der Waals surface area contributed by atoms with Crippen LogP contribution in [0.5, 0.6) is 0 Å². The zero-order valence-corrected chi connectivity index (χ0v) is 13.6. The first-order chi connectivity index (χ1) is 10.1. The number of hydrogen-bond donors (Lipinski definition) is 2. The molecule has 0 unspecified atom stereocenters. The lowest BCUT2D eigenvalue weighted by molar-refractivity contribution is 0.241. The maximum Gasteiger partial charge on any atom is 0.0652 e. The van der Waals surface area contributed by atoms with Gasteiger partial charge < -0.3 is 10.4 Å². The summed E-state index contributed by atoms with van der Waals surface area (Å²) in [6, 6.07) is 13.3. The summed E-state index contributed by atoms with van der Waals surface area (Å²) in [6.45, 7) is 0.487. The molecular formula is C16H16Cl3NO. The van der Waals surface area contributed by atoms with Crippen molar-refractivity contribution >= 4 is 34.8 Å². The molecule has 2 rings (SSSR count). The van der Waals surface area contributed by atoms with E-state index in [0.29, 0.717) is 21.6 Å². The summed E-state index contributed by atoms with van der Waals surface area (Å²) in [6.07, 6.45) is 0.729. The van der Waals surface area contributed by atoms with Crippen molar-refractivity contribution in [2.75, 3.05) is 6.61 Å². The van der Waals surface area contributed by atoms with E-state index in [1.165, 1.54) is 0 Å². The highest BCUT2D eigenvalue weighted by Crippen LogP contribution is 2.31. The van der Waals surface area contributed by atoms with E-state index in [9.17, 15) is 5.11 Å². The first kappa shape index (κ1) is 16.6. The Morgan fingerprint density at radius 2 is 1.62 bits per heavy atom. The molecule has 0 aromatic heterocycles. The average molecular weight is 345 g/mol. The Morgan fingerprint density at radius 3 is 2.29 bits per heavy atom. The molecule has 0 aliphatic carbocycles. The smallest absolute Gasteiger partial charge is 0.0652 e. The molecule has 0 aliphatic heterocycles. The Labute approximate surface area is 139 Å². The third-order valence-electron chi connectivity index (χ3n) is 3.25. The van der Waals surface area contributed by atoms with Crippen LogP contribution in [0.3, 0.4) is 0 Å². The van der Waals surface area contributed by atoms with Gasteiger partial charge in [-0.05, 0) is 24.1 Å². The molecule has 2 nitrogen and oxygen atoms in total. The van der Waals surface area contributed by atoms with Gasteiger partial charge in [0.2, 0.25) is 0 Å². The molecule has 5 heteroatoms. The van der Waals surface area contributed by atoms with Gasteiger partial charge >= 0.3 is 0 Å². The van der Waals surface area contributed by atoms with E-state index < -0.39 is 0 Å². The van der Waals surface area contributed by atoms with Gasteiger partial charge in [-0.2, -0.15) is 0 Å². The Hall–Kier alpha value is -0.770. The van der Waals surface area contributed by atoms with E-state index in [4.69, 9.17) is 34.8 Å². The Balaban J connectivity index is 2.02. The molecule has 0 saturated heterocycles. The second-order valence-electron chi connectivity index (χ2n) is 4.77. The average Bonchev–Trinajstić information content (AvgIpc) is 2.51. The van der Waals surface area contributed by atoms with Gasteiger partial charge in [-0.1, -0.05) is 65.1 Å². The van der Waals surface area contributed by atoms with Crippen LogP contribution >= 0.6 is 34.8 Å². The predicted octanol–water partition coefficient (Wildman–Crippen LogP) is 4.34. The van der Waals surface area contributed by atoms with Crippen molar-refractivity contribution in [1.29, 1.82) is 0 Å². The van der Waals surface area contributed by atoms with Gasteiger partial charge in [0, 0.05) is 23.2 Å². The van der Waals surface area contributed by atoms with Crippen LogP contribution in [0.25, 0.3) is 0 Å². The number of nitrogens with one attached hydrogen (secondary N) is 1. The maximum atomic E-state index is 9.50. The molecule has 0 aliphatic rings. The Kier molecular flexibility index (Phi) is 6.34. The first-order valence-electron chi connectivity index (χ1n) is 6.62. The van der Waals surface area contributed by atoms with Gasteiger partial charge in [-0.25, -0.2) is 0 Å². The van der Waals surface area contributed by atoms with Crippen LogP contribution in [0, 0.1) is 0 Å². The molecule has 2 aromatic rings. The fraction of sp³-hybridized carbons (Fsp3) is 0.250. The standard InChI is InChI=1S/C16H16Cl3NO/c17-14-6-7-15(18)16(19)13(14)9-20-12(10-21)8-11-4-2-1-3-5-11/h1-7,12,20-21H,8-10H2/t12-/m1/s1. The Bertz CT molecular complexity index is 590. The molecule has 1 atom stereocenters. The van der Waals surface area contributed by atoms with E-state index in [-0.39, 0.29) is 12.6 Å². The third kappa shape index (κ3) is 4.60. The fourth-order valence-electron chi connectivity index (χ4n) is 2.08. The molecule has 21 heavy (non-hydrogen) atoms. The summed E-state index contributed by atoms with van der Waals surface area (Å²) >= 11 is 18.3. The van der Waals surface area contributed by atoms with Gasteiger partial charge in [0.05, 0.1) is 16.7 Å². The van der Waals surface area contributed by atoms with E-state index in [2.05, 4.69) is 5.32 Å². The number of rotatable bonds is 6. The summed E-state index contributed by atoms with van der Waals surface area (Å²) in [4.78, 5) is 0. The number of hydrogen-bond acceptors (Lipinski definition) is 2. The lowest BCUT2D eigenvalue weighted by atomic mass is 10.1. The van der Waals surface area contributed by atoms with Crippen molar-refractivity contribution in [3.05, 3.63) is 68.7 Å². The molecular weight excluding hydrogens is 329 g/mol. The van der Waals surface area contributed by atoms with Crippen LogP contribution in [0.4, 0.5) is 0 Å². The van der Waals surface area contributed by atoms with Gasteiger partial charge in [-0.3, -0.25) is 0 Å². The van der Waals surface area contributed by atoms with Crippen molar-refractivity contribution in [1.82, 2.24) is 5.32 Å². The summed E-state index contributed by atoms with van der Waals surface area (Å²) in [5.74, 6) is 0. The molecule has 0 fully saturated rings. The van der Waals surface area contributed by atoms with Gasteiger partial charge in [0.25, 0.3) is 0 Å². The molecule has 0 saturated carbocycles. The lowest BCUT2D eigenvalue weighted by Gasteiger charge is -2.18. The predicted molar refractivity (Wildman–Crippen MR) is 89.3 cm³/mol. The van der Waals surface area contributed by atoms with Crippen LogP contribution in [0.15, 0.2) is 42.5 Å². The summed E-state index contributed by atoms with van der Waals surface area (Å²) in [7, 11) is 0. The minimum absolute atomic E-state index is 0.0324. The maximum absolute atomic E-state index is 9.50. The molecule has 0 heterocycles. The normalized spacial score (nSPS) is 12.4. The fourth-order valence-corrected chi connectivity index (χ4v) is 2.76. The van der Waals surface area contributed by atoms with Gasteiger partial charge in [-0.15, -0.1) is 0 Å². The molecule has 0 bridgehead atoms. The van der Waals surface area contributed by atoms with E-state index in [1.54, 1.807) is 12.1 Å². The van der Waals surface area contributed by atoms with Crippen molar-refractivity contribution in [3.8, 4) is 0 Å². The lowest BCUT2D eigenvalue weighted by Crippen LogP contribution is -2.34. The second-order valence-corrected chi connectivity index (χ2v) is 5.96. The van der Waals surface area contributed by atoms with Crippen LogP contribution < -0.4 is 5.32 Å². The quantitative estimate of drug-likeness (QED) is 0.764. The van der Waals surface area contributed by atoms with E-state index >= 15 is 0 Å². The van der Waals surface area contributed by atoms with Crippen molar-refractivity contribution in [2.45, 2.75) is 19.0 Å². The third-order valence-corrected chi connectivity index (χ3v) is 4.45. The number of aliphatic hydroxyl groups excluding tert-OH is 1. The highest BCUT2D eigenvalue weighted by Gasteiger charge is 2.13. The zero-order chi connectivity index (χ0) is 15.2. The Morgan fingerprint density at radius 1 is 0.952 bits per heavy atom. The largest absolute Gasteiger partial charge is 0.395 e. The van der Waals surface area contributed by atoms with Gasteiger partial charge in [0.15, 0.2) is 0 Å². The monoisotopic (exact) mass is 343 g/mol. The van der Waals surface area contributed by atoms with Crippen LogP contribution in [-0.4, -0.2) is 17.8 Å². The molecule has 2 aromatic carbocycles. The molecule has 0 amide bonds. The molecule has 112 valence electrons.